The topological polar surface area (TPSA) is 73.5 Å². The van der Waals surface area contributed by atoms with Crippen molar-refractivity contribution in [2.45, 2.75) is 32.1 Å². The third kappa shape index (κ3) is 3.44. The van der Waals surface area contributed by atoms with Gasteiger partial charge in [-0.1, -0.05) is 54.6 Å². The van der Waals surface area contributed by atoms with Gasteiger partial charge in [0.15, 0.2) is 5.82 Å². The van der Waals surface area contributed by atoms with Gasteiger partial charge in [-0.2, -0.15) is 10.2 Å². The second-order valence-corrected chi connectivity index (χ2v) is 7.03. The summed E-state index contributed by atoms with van der Waals surface area (Å²) >= 11 is 0. The summed E-state index contributed by atoms with van der Waals surface area (Å²) in [6, 6.07) is 19.1. The van der Waals surface area contributed by atoms with E-state index in [0.29, 0.717) is 13.1 Å². The lowest BCUT2D eigenvalue weighted by molar-refractivity contribution is 0.449. The summed E-state index contributed by atoms with van der Waals surface area (Å²) < 4.78 is 3.77. The van der Waals surface area contributed by atoms with Crippen LogP contribution in [0.4, 0.5) is 0 Å². The van der Waals surface area contributed by atoms with E-state index in [1.54, 1.807) is 11.0 Å². The van der Waals surface area contributed by atoms with E-state index in [4.69, 9.17) is 10.1 Å². The predicted molar refractivity (Wildman–Crippen MR) is 104 cm³/mol. The van der Waals surface area contributed by atoms with Crippen molar-refractivity contribution in [3.8, 4) is 0 Å². The number of nitrogens with zero attached hydrogens (tertiary/aromatic N) is 6. The number of hydrogen-bond acceptors (Lipinski definition) is 5. The normalized spacial score (nSPS) is 16.1. The first-order valence-electron chi connectivity index (χ1n) is 9.45. The molecule has 0 radical (unpaired) electrons. The summed E-state index contributed by atoms with van der Waals surface area (Å²) in [5, 5.41) is 12.6. The average molecular weight is 371 g/mol. The van der Waals surface area contributed by atoms with E-state index < -0.39 is 0 Å². The molecule has 0 aliphatic carbocycles. The summed E-state index contributed by atoms with van der Waals surface area (Å²) in [7, 11) is 0. The lowest BCUT2D eigenvalue weighted by atomic mass is 9.95. The SMILES string of the molecule is c1ccc(Cn2nc(Cn3cncn3)nc2[C@H]2Cc3ccccc3CN2)cc1. The van der Waals surface area contributed by atoms with Crippen LogP contribution in [0.3, 0.4) is 0 Å². The zero-order valence-corrected chi connectivity index (χ0v) is 15.4. The van der Waals surface area contributed by atoms with Crippen molar-refractivity contribution in [3.63, 3.8) is 0 Å². The lowest BCUT2D eigenvalue weighted by Crippen LogP contribution is -2.31. The van der Waals surface area contributed by atoms with Crippen LogP contribution in [0.2, 0.25) is 0 Å². The molecule has 140 valence electrons. The fourth-order valence-corrected chi connectivity index (χ4v) is 3.70. The molecule has 0 spiro atoms. The molecule has 3 heterocycles. The van der Waals surface area contributed by atoms with Crippen LogP contribution in [0.25, 0.3) is 0 Å². The highest BCUT2D eigenvalue weighted by Crippen LogP contribution is 2.25. The highest BCUT2D eigenvalue weighted by atomic mass is 15.4. The van der Waals surface area contributed by atoms with Crippen LogP contribution in [0, 0.1) is 0 Å². The Morgan fingerprint density at radius 3 is 2.61 bits per heavy atom. The Bertz CT molecular complexity index is 1050. The molecule has 7 heteroatoms. The van der Waals surface area contributed by atoms with Crippen LogP contribution in [-0.2, 0) is 26.1 Å². The van der Waals surface area contributed by atoms with E-state index >= 15 is 0 Å². The molecular weight excluding hydrogens is 350 g/mol. The van der Waals surface area contributed by atoms with E-state index in [2.05, 4.69) is 63.9 Å². The predicted octanol–water partition coefficient (Wildman–Crippen LogP) is 2.35. The fourth-order valence-electron chi connectivity index (χ4n) is 3.70. The van der Waals surface area contributed by atoms with Crippen molar-refractivity contribution in [1.29, 1.82) is 0 Å². The summed E-state index contributed by atoms with van der Waals surface area (Å²) in [5.41, 5.74) is 3.94. The molecule has 1 atom stereocenters. The molecule has 0 amide bonds. The van der Waals surface area contributed by atoms with Crippen molar-refractivity contribution in [2.24, 2.45) is 0 Å². The number of rotatable bonds is 5. The molecular formula is C21H21N7. The molecule has 0 fully saturated rings. The molecule has 1 aliphatic rings. The van der Waals surface area contributed by atoms with Gasteiger partial charge < -0.3 is 5.32 Å². The summed E-state index contributed by atoms with van der Waals surface area (Å²) in [6.45, 7) is 2.05. The Morgan fingerprint density at radius 1 is 0.964 bits per heavy atom. The van der Waals surface area contributed by atoms with Gasteiger partial charge in [0.2, 0.25) is 0 Å². The lowest BCUT2D eigenvalue weighted by Gasteiger charge is -2.25. The largest absolute Gasteiger partial charge is 0.303 e. The number of aromatic nitrogens is 6. The van der Waals surface area contributed by atoms with Crippen LogP contribution in [0.1, 0.15) is 34.4 Å². The van der Waals surface area contributed by atoms with Crippen molar-refractivity contribution in [1.82, 2.24) is 34.8 Å². The van der Waals surface area contributed by atoms with Gasteiger partial charge in [-0.05, 0) is 23.1 Å². The molecule has 4 aromatic rings. The molecule has 0 unspecified atom stereocenters. The zero-order chi connectivity index (χ0) is 18.8. The van der Waals surface area contributed by atoms with Crippen LogP contribution in [-0.4, -0.2) is 29.5 Å². The van der Waals surface area contributed by atoms with Crippen molar-refractivity contribution in [3.05, 3.63) is 95.6 Å². The third-order valence-corrected chi connectivity index (χ3v) is 5.08. The zero-order valence-electron chi connectivity index (χ0n) is 15.4. The average Bonchev–Trinajstić information content (AvgIpc) is 3.39. The minimum absolute atomic E-state index is 0.135. The fraction of sp³-hybridized carbons (Fsp3) is 0.238. The third-order valence-electron chi connectivity index (χ3n) is 5.08. The van der Waals surface area contributed by atoms with Crippen LogP contribution in [0.5, 0.6) is 0 Å². The van der Waals surface area contributed by atoms with E-state index in [1.807, 2.05) is 10.7 Å². The maximum absolute atomic E-state index is 4.88. The Hall–Kier alpha value is -3.32. The van der Waals surface area contributed by atoms with Gasteiger partial charge in [-0.3, -0.25) is 0 Å². The van der Waals surface area contributed by atoms with Crippen LogP contribution < -0.4 is 5.32 Å². The van der Waals surface area contributed by atoms with Gasteiger partial charge >= 0.3 is 0 Å². The van der Waals surface area contributed by atoms with Gasteiger partial charge in [-0.15, -0.1) is 0 Å². The highest BCUT2D eigenvalue weighted by Gasteiger charge is 2.25. The quantitative estimate of drug-likeness (QED) is 0.583. The van der Waals surface area contributed by atoms with Crippen LogP contribution in [0.15, 0.2) is 67.3 Å². The van der Waals surface area contributed by atoms with E-state index in [0.717, 1.165) is 24.6 Å². The molecule has 1 N–H and O–H groups in total. The van der Waals surface area contributed by atoms with E-state index in [-0.39, 0.29) is 6.04 Å². The number of fused-ring (bicyclic) bond motifs is 1. The minimum Gasteiger partial charge on any atom is -0.303 e. The molecule has 0 saturated carbocycles. The van der Waals surface area contributed by atoms with Crippen molar-refractivity contribution >= 4 is 0 Å². The molecule has 28 heavy (non-hydrogen) atoms. The number of benzene rings is 2. The second kappa shape index (κ2) is 7.36. The first-order chi connectivity index (χ1) is 13.8. The molecule has 7 nitrogen and oxygen atoms in total. The Balaban J connectivity index is 1.47. The molecule has 1 aliphatic heterocycles. The summed E-state index contributed by atoms with van der Waals surface area (Å²) in [6.07, 6.45) is 4.13. The summed E-state index contributed by atoms with van der Waals surface area (Å²) in [5.74, 6) is 1.71. The van der Waals surface area contributed by atoms with E-state index in [9.17, 15) is 0 Å². The maximum atomic E-state index is 4.88. The second-order valence-electron chi connectivity index (χ2n) is 7.03. The van der Waals surface area contributed by atoms with Gasteiger partial charge in [0, 0.05) is 6.54 Å². The Morgan fingerprint density at radius 2 is 1.79 bits per heavy atom. The Labute approximate surface area is 163 Å². The first-order valence-corrected chi connectivity index (χ1v) is 9.45. The molecule has 2 aromatic heterocycles. The van der Waals surface area contributed by atoms with Gasteiger partial charge in [0.05, 0.1) is 12.6 Å². The monoisotopic (exact) mass is 371 g/mol. The van der Waals surface area contributed by atoms with Crippen molar-refractivity contribution in [2.75, 3.05) is 0 Å². The number of nitrogens with one attached hydrogen (secondary N) is 1. The highest BCUT2D eigenvalue weighted by molar-refractivity contribution is 5.31. The number of hydrogen-bond donors (Lipinski definition) is 1. The van der Waals surface area contributed by atoms with Crippen LogP contribution >= 0.6 is 0 Å². The van der Waals surface area contributed by atoms with Gasteiger partial charge in [0.1, 0.15) is 25.0 Å². The molecule has 0 saturated heterocycles. The Kier molecular flexibility index (Phi) is 4.42. The minimum atomic E-state index is 0.135. The summed E-state index contributed by atoms with van der Waals surface area (Å²) in [4.78, 5) is 8.89. The maximum Gasteiger partial charge on any atom is 0.172 e. The molecule has 2 aromatic carbocycles. The van der Waals surface area contributed by atoms with Gasteiger partial charge in [-0.25, -0.2) is 19.3 Å². The standard InChI is InChI=1S/C21H21N7/c1-2-6-16(7-3-1)12-28-21(25-20(26-28)13-27-15-22-14-24-27)19-10-17-8-4-5-9-18(17)11-23-19/h1-9,14-15,19,23H,10-13H2/t19-/m1/s1. The molecule has 0 bridgehead atoms. The molecule has 5 rings (SSSR count). The first kappa shape index (κ1) is 16.8. The van der Waals surface area contributed by atoms with Crippen molar-refractivity contribution < 1.29 is 0 Å². The smallest absolute Gasteiger partial charge is 0.172 e. The van der Waals surface area contributed by atoms with E-state index in [1.165, 1.54) is 23.0 Å². The van der Waals surface area contributed by atoms with Gasteiger partial charge in [0.25, 0.3) is 0 Å².